The van der Waals surface area contributed by atoms with Gasteiger partial charge < -0.3 is 9.84 Å². The summed E-state index contributed by atoms with van der Waals surface area (Å²) in [5, 5.41) is 9.14. The Morgan fingerprint density at radius 2 is 2.20 bits per heavy atom. The van der Waals surface area contributed by atoms with Crippen molar-refractivity contribution in [2.24, 2.45) is 5.92 Å². The maximum Gasteiger partial charge on any atom is 0.155 e. The molecule has 0 saturated carbocycles. The molecule has 2 atom stereocenters. The number of aliphatic hydroxyl groups excluding tert-OH is 1. The molecule has 1 fully saturated rings. The summed E-state index contributed by atoms with van der Waals surface area (Å²) in [4.78, 5) is 0. The van der Waals surface area contributed by atoms with Gasteiger partial charge in [-0.05, 0) is 19.8 Å². The van der Waals surface area contributed by atoms with Gasteiger partial charge in [-0.2, -0.15) is 0 Å². The third kappa shape index (κ3) is 1.32. The van der Waals surface area contributed by atoms with Gasteiger partial charge >= 0.3 is 0 Å². The van der Waals surface area contributed by atoms with Crippen molar-refractivity contribution < 1.29 is 9.84 Å². The number of hydrogen-bond donors (Lipinski definition) is 1. The lowest BCUT2D eigenvalue weighted by Crippen LogP contribution is -2.27. The zero-order chi connectivity index (χ0) is 7.78. The standard InChI is InChI=1S/C8H16O2/c1-4-6-5-7(9)10-8(6,2)3/h6-7,9H,4-5H2,1-3H3. The fourth-order valence-corrected chi connectivity index (χ4v) is 1.68. The number of hydrogen-bond acceptors (Lipinski definition) is 2. The molecule has 60 valence electrons. The minimum absolute atomic E-state index is 0.117. The molecule has 0 bridgehead atoms. The molecule has 1 heterocycles. The van der Waals surface area contributed by atoms with Crippen LogP contribution in [0.15, 0.2) is 0 Å². The zero-order valence-electron chi connectivity index (χ0n) is 6.92. The zero-order valence-corrected chi connectivity index (χ0v) is 6.92. The first-order valence-corrected chi connectivity index (χ1v) is 3.92. The molecular weight excluding hydrogens is 128 g/mol. The summed E-state index contributed by atoms with van der Waals surface area (Å²) in [5.74, 6) is 0.516. The average molecular weight is 144 g/mol. The first-order valence-electron chi connectivity index (χ1n) is 3.92. The monoisotopic (exact) mass is 144 g/mol. The number of aliphatic hydroxyl groups is 1. The summed E-state index contributed by atoms with van der Waals surface area (Å²) in [7, 11) is 0. The average Bonchev–Trinajstić information content (AvgIpc) is 2.04. The van der Waals surface area contributed by atoms with E-state index in [0.717, 1.165) is 12.8 Å². The summed E-state index contributed by atoms with van der Waals surface area (Å²) in [6.07, 6.45) is 1.35. The van der Waals surface area contributed by atoms with Crippen LogP contribution in [0.2, 0.25) is 0 Å². The fourth-order valence-electron chi connectivity index (χ4n) is 1.68. The second kappa shape index (κ2) is 2.51. The summed E-state index contributed by atoms with van der Waals surface area (Å²) in [5.41, 5.74) is -0.117. The van der Waals surface area contributed by atoms with Crippen molar-refractivity contribution in [1.29, 1.82) is 0 Å². The Bertz CT molecular complexity index is 120. The van der Waals surface area contributed by atoms with Crippen molar-refractivity contribution in [1.82, 2.24) is 0 Å². The van der Waals surface area contributed by atoms with E-state index in [4.69, 9.17) is 9.84 Å². The van der Waals surface area contributed by atoms with E-state index in [1.54, 1.807) is 0 Å². The molecule has 1 aliphatic rings. The van der Waals surface area contributed by atoms with Gasteiger partial charge in [-0.1, -0.05) is 13.3 Å². The van der Waals surface area contributed by atoms with Gasteiger partial charge in [0.2, 0.25) is 0 Å². The lowest BCUT2D eigenvalue weighted by Gasteiger charge is -2.23. The third-order valence-electron chi connectivity index (χ3n) is 2.40. The minimum atomic E-state index is -0.528. The van der Waals surface area contributed by atoms with E-state index < -0.39 is 6.29 Å². The molecule has 1 rings (SSSR count). The van der Waals surface area contributed by atoms with Crippen LogP contribution in [0.5, 0.6) is 0 Å². The molecule has 1 saturated heterocycles. The molecular formula is C8H16O2. The molecule has 0 aliphatic carbocycles. The predicted octanol–water partition coefficient (Wildman–Crippen LogP) is 1.53. The van der Waals surface area contributed by atoms with Gasteiger partial charge in [0.15, 0.2) is 6.29 Å². The molecule has 10 heavy (non-hydrogen) atoms. The second-order valence-corrected chi connectivity index (χ2v) is 3.52. The van der Waals surface area contributed by atoms with E-state index in [1.165, 1.54) is 0 Å². The van der Waals surface area contributed by atoms with Crippen LogP contribution < -0.4 is 0 Å². The summed E-state index contributed by atoms with van der Waals surface area (Å²) in [6.45, 7) is 6.21. The highest BCUT2D eigenvalue weighted by Crippen LogP contribution is 2.36. The highest BCUT2D eigenvalue weighted by atomic mass is 16.6. The Labute approximate surface area is 62.2 Å². The third-order valence-corrected chi connectivity index (χ3v) is 2.40. The van der Waals surface area contributed by atoms with E-state index in [-0.39, 0.29) is 5.60 Å². The van der Waals surface area contributed by atoms with E-state index in [0.29, 0.717) is 5.92 Å². The highest BCUT2D eigenvalue weighted by Gasteiger charge is 2.39. The molecule has 0 radical (unpaired) electrons. The molecule has 2 heteroatoms. The van der Waals surface area contributed by atoms with Gasteiger partial charge in [0.25, 0.3) is 0 Å². The molecule has 0 aromatic carbocycles. The van der Waals surface area contributed by atoms with E-state index in [2.05, 4.69) is 6.92 Å². The fraction of sp³-hybridized carbons (Fsp3) is 1.00. The number of ether oxygens (including phenoxy) is 1. The van der Waals surface area contributed by atoms with E-state index in [1.807, 2.05) is 13.8 Å². The summed E-state index contributed by atoms with van der Waals surface area (Å²) < 4.78 is 5.31. The van der Waals surface area contributed by atoms with E-state index >= 15 is 0 Å². The van der Waals surface area contributed by atoms with Crippen LogP contribution in [-0.2, 0) is 4.74 Å². The smallest absolute Gasteiger partial charge is 0.155 e. The van der Waals surface area contributed by atoms with Crippen LogP contribution in [0.1, 0.15) is 33.6 Å². The molecule has 0 spiro atoms. The van der Waals surface area contributed by atoms with Crippen LogP contribution in [0.25, 0.3) is 0 Å². The Kier molecular flexibility index (Phi) is 2.02. The van der Waals surface area contributed by atoms with Crippen molar-refractivity contribution in [2.45, 2.75) is 45.5 Å². The van der Waals surface area contributed by atoms with Crippen molar-refractivity contribution in [3.05, 3.63) is 0 Å². The van der Waals surface area contributed by atoms with Crippen LogP contribution in [0.3, 0.4) is 0 Å². The summed E-state index contributed by atoms with van der Waals surface area (Å²) in [6, 6.07) is 0. The highest BCUT2D eigenvalue weighted by molar-refractivity contribution is 4.85. The SMILES string of the molecule is CCC1CC(O)OC1(C)C. The van der Waals surface area contributed by atoms with Crippen LogP contribution >= 0.6 is 0 Å². The van der Waals surface area contributed by atoms with Crippen molar-refractivity contribution >= 4 is 0 Å². The molecule has 2 unspecified atom stereocenters. The van der Waals surface area contributed by atoms with Crippen LogP contribution in [0, 0.1) is 5.92 Å². The van der Waals surface area contributed by atoms with Gasteiger partial charge in [-0.25, -0.2) is 0 Å². The topological polar surface area (TPSA) is 29.5 Å². The van der Waals surface area contributed by atoms with Crippen molar-refractivity contribution in [3.8, 4) is 0 Å². The van der Waals surface area contributed by atoms with Crippen molar-refractivity contribution in [2.75, 3.05) is 0 Å². The van der Waals surface area contributed by atoms with Gasteiger partial charge in [0.1, 0.15) is 0 Å². The first-order chi connectivity index (χ1) is 4.56. The second-order valence-electron chi connectivity index (χ2n) is 3.52. The molecule has 0 aromatic rings. The molecule has 0 amide bonds. The minimum Gasteiger partial charge on any atom is -0.368 e. The van der Waals surface area contributed by atoms with Crippen molar-refractivity contribution in [3.63, 3.8) is 0 Å². The van der Waals surface area contributed by atoms with Crippen LogP contribution in [0.4, 0.5) is 0 Å². The largest absolute Gasteiger partial charge is 0.368 e. The quantitative estimate of drug-likeness (QED) is 0.604. The normalized spacial score (nSPS) is 38.4. The lowest BCUT2D eigenvalue weighted by molar-refractivity contribution is -0.127. The Hall–Kier alpha value is -0.0800. The number of rotatable bonds is 1. The van der Waals surface area contributed by atoms with Gasteiger partial charge in [-0.3, -0.25) is 0 Å². The molecule has 1 aliphatic heterocycles. The van der Waals surface area contributed by atoms with Crippen LogP contribution in [-0.4, -0.2) is 17.0 Å². The summed E-state index contributed by atoms with van der Waals surface area (Å²) >= 11 is 0. The molecule has 1 N–H and O–H groups in total. The van der Waals surface area contributed by atoms with Gasteiger partial charge in [0.05, 0.1) is 5.60 Å². The lowest BCUT2D eigenvalue weighted by atomic mass is 9.89. The Morgan fingerprint density at radius 3 is 2.40 bits per heavy atom. The Morgan fingerprint density at radius 1 is 1.60 bits per heavy atom. The maximum absolute atomic E-state index is 9.14. The molecule has 0 aromatic heterocycles. The predicted molar refractivity (Wildman–Crippen MR) is 39.6 cm³/mol. The molecule has 2 nitrogen and oxygen atoms in total. The Balaban J connectivity index is 2.58. The van der Waals surface area contributed by atoms with Gasteiger partial charge in [0, 0.05) is 6.42 Å². The van der Waals surface area contributed by atoms with E-state index in [9.17, 15) is 0 Å². The first kappa shape index (κ1) is 8.02. The van der Waals surface area contributed by atoms with Gasteiger partial charge in [-0.15, -0.1) is 0 Å². The maximum atomic E-state index is 9.14.